The predicted molar refractivity (Wildman–Crippen MR) is 84.2 cm³/mol. The van der Waals surface area contributed by atoms with Crippen LogP contribution in [-0.4, -0.2) is 28.9 Å². The molecule has 1 aliphatic heterocycles. The number of hydrogen-bond donors (Lipinski definition) is 0. The SMILES string of the molecule is O=C(c1cnc(C#Cc2ccc(F)cc2)s1)N1CCCCC1. The molecule has 1 aliphatic rings. The van der Waals surface area contributed by atoms with Gasteiger partial charge < -0.3 is 4.90 Å². The number of halogens is 1. The van der Waals surface area contributed by atoms with Gasteiger partial charge in [0.15, 0.2) is 5.01 Å². The third-order valence-corrected chi connectivity index (χ3v) is 4.42. The summed E-state index contributed by atoms with van der Waals surface area (Å²) in [5.41, 5.74) is 0.723. The topological polar surface area (TPSA) is 33.2 Å². The smallest absolute Gasteiger partial charge is 0.265 e. The van der Waals surface area contributed by atoms with Crippen molar-refractivity contribution in [2.45, 2.75) is 19.3 Å². The summed E-state index contributed by atoms with van der Waals surface area (Å²) in [6.07, 6.45) is 4.93. The number of aromatic nitrogens is 1. The Labute approximate surface area is 132 Å². The Hall–Kier alpha value is -2.19. The highest BCUT2D eigenvalue weighted by Gasteiger charge is 2.19. The fraction of sp³-hybridized carbons (Fsp3) is 0.294. The van der Waals surface area contributed by atoms with Crippen molar-refractivity contribution in [3.8, 4) is 11.8 Å². The first-order valence-corrected chi connectivity index (χ1v) is 8.07. The second-order valence-electron chi connectivity index (χ2n) is 5.14. The molecule has 0 radical (unpaired) electrons. The third kappa shape index (κ3) is 3.52. The van der Waals surface area contributed by atoms with Crippen molar-refractivity contribution in [3.63, 3.8) is 0 Å². The van der Waals surface area contributed by atoms with E-state index in [1.165, 1.54) is 29.9 Å². The van der Waals surface area contributed by atoms with Gasteiger partial charge in [0, 0.05) is 18.7 Å². The number of thiazole rings is 1. The molecule has 3 rings (SSSR count). The van der Waals surface area contributed by atoms with E-state index in [2.05, 4.69) is 16.8 Å². The molecule has 1 aromatic heterocycles. The maximum absolute atomic E-state index is 12.8. The summed E-state index contributed by atoms with van der Waals surface area (Å²) in [5.74, 6) is 5.61. The van der Waals surface area contributed by atoms with E-state index in [4.69, 9.17) is 0 Å². The van der Waals surface area contributed by atoms with Crippen LogP contribution in [0.5, 0.6) is 0 Å². The molecule has 1 amide bonds. The number of hydrogen-bond acceptors (Lipinski definition) is 3. The van der Waals surface area contributed by atoms with E-state index in [9.17, 15) is 9.18 Å². The largest absolute Gasteiger partial charge is 0.338 e. The second-order valence-corrected chi connectivity index (χ2v) is 6.17. The van der Waals surface area contributed by atoms with Gasteiger partial charge in [-0.2, -0.15) is 0 Å². The van der Waals surface area contributed by atoms with Crippen molar-refractivity contribution in [2.75, 3.05) is 13.1 Å². The zero-order valence-corrected chi connectivity index (χ0v) is 12.8. The van der Waals surface area contributed by atoms with Crippen molar-refractivity contribution in [1.82, 2.24) is 9.88 Å². The summed E-state index contributed by atoms with van der Waals surface area (Å²) in [7, 11) is 0. The fourth-order valence-electron chi connectivity index (χ4n) is 2.34. The van der Waals surface area contributed by atoms with E-state index in [0.717, 1.165) is 31.5 Å². The predicted octanol–water partition coefficient (Wildman–Crippen LogP) is 3.31. The number of likely N-dealkylation sites (tertiary alicyclic amines) is 1. The number of carbonyl (C=O) groups excluding carboxylic acids is 1. The average molecular weight is 314 g/mol. The standard InChI is InChI=1S/C17H15FN2OS/c18-14-7-4-13(5-8-14)6-9-16-19-12-15(22-16)17(21)20-10-2-1-3-11-20/h4-5,7-8,12H,1-3,10-11H2. The van der Waals surface area contributed by atoms with Crippen LogP contribution in [0.1, 0.15) is 39.5 Å². The Morgan fingerprint density at radius 1 is 1.14 bits per heavy atom. The first-order chi connectivity index (χ1) is 10.7. The molecule has 0 bridgehead atoms. The summed E-state index contributed by atoms with van der Waals surface area (Å²) in [6, 6.07) is 5.99. The fourth-order valence-corrected chi connectivity index (χ4v) is 3.08. The molecule has 0 saturated carbocycles. The van der Waals surface area contributed by atoms with Gasteiger partial charge in [-0.25, -0.2) is 9.37 Å². The maximum atomic E-state index is 12.8. The van der Waals surface area contributed by atoms with Crippen molar-refractivity contribution >= 4 is 17.2 Å². The minimum Gasteiger partial charge on any atom is -0.338 e. The van der Waals surface area contributed by atoms with E-state index < -0.39 is 0 Å². The number of piperidine rings is 1. The van der Waals surface area contributed by atoms with Crippen LogP contribution in [-0.2, 0) is 0 Å². The Morgan fingerprint density at radius 3 is 2.59 bits per heavy atom. The highest BCUT2D eigenvalue weighted by molar-refractivity contribution is 7.14. The van der Waals surface area contributed by atoms with E-state index in [1.807, 2.05) is 4.90 Å². The van der Waals surface area contributed by atoms with Crippen LogP contribution in [0.25, 0.3) is 0 Å². The molecule has 0 aliphatic carbocycles. The molecule has 0 unspecified atom stereocenters. The Kier molecular flexibility index (Phi) is 4.50. The van der Waals surface area contributed by atoms with Crippen molar-refractivity contribution in [3.05, 3.63) is 51.7 Å². The molecule has 0 atom stereocenters. The first kappa shape index (κ1) is 14.7. The summed E-state index contributed by atoms with van der Waals surface area (Å²) in [4.78, 5) is 19.0. The van der Waals surface area contributed by atoms with Crippen LogP contribution in [0.4, 0.5) is 4.39 Å². The molecule has 1 fully saturated rings. The third-order valence-electron chi connectivity index (χ3n) is 3.52. The molecule has 2 heterocycles. The lowest BCUT2D eigenvalue weighted by Gasteiger charge is -2.25. The number of benzene rings is 1. The van der Waals surface area contributed by atoms with Gasteiger partial charge in [-0.1, -0.05) is 5.92 Å². The van der Waals surface area contributed by atoms with E-state index in [1.54, 1.807) is 18.3 Å². The lowest BCUT2D eigenvalue weighted by atomic mass is 10.1. The zero-order valence-electron chi connectivity index (χ0n) is 12.0. The average Bonchev–Trinajstić information content (AvgIpc) is 3.03. The molecule has 0 spiro atoms. The van der Waals surface area contributed by atoms with Gasteiger partial charge >= 0.3 is 0 Å². The molecule has 3 nitrogen and oxygen atoms in total. The van der Waals surface area contributed by atoms with E-state index in [-0.39, 0.29) is 11.7 Å². The normalized spacial score (nSPS) is 14.3. The highest BCUT2D eigenvalue weighted by atomic mass is 32.1. The maximum Gasteiger partial charge on any atom is 0.265 e. The van der Waals surface area contributed by atoms with Gasteiger partial charge in [-0.3, -0.25) is 4.79 Å². The molecule has 0 N–H and O–H groups in total. The monoisotopic (exact) mass is 314 g/mol. The highest BCUT2D eigenvalue weighted by Crippen LogP contribution is 2.18. The molecular formula is C17H15FN2OS. The number of rotatable bonds is 1. The van der Waals surface area contributed by atoms with Crippen molar-refractivity contribution in [2.24, 2.45) is 0 Å². The van der Waals surface area contributed by atoms with Crippen LogP contribution < -0.4 is 0 Å². The van der Waals surface area contributed by atoms with Crippen molar-refractivity contribution < 1.29 is 9.18 Å². The molecule has 2 aromatic rings. The van der Waals surface area contributed by atoms with Gasteiger partial charge in [0.1, 0.15) is 10.7 Å². The van der Waals surface area contributed by atoms with Gasteiger partial charge in [0.05, 0.1) is 6.20 Å². The lowest BCUT2D eigenvalue weighted by molar-refractivity contribution is 0.0729. The van der Waals surface area contributed by atoms with Crippen LogP contribution in [0.3, 0.4) is 0 Å². The Balaban J connectivity index is 1.71. The lowest BCUT2D eigenvalue weighted by Crippen LogP contribution is -2.35. The van der Waals surface area contributed by atoms with Crippen molar-refractivity contribution in [1.29, 1.82) is 0 Å². The molecule has 5 heteroatoms. The van der Waals surface area contributed by atoms with E-state index in [0.29, 0.717) is 9.88 Å². The van der Waals surface area contributed by atoms with Crippen LogP contribution in [0, 0.1) is 17.7 Å². The first-order valence-electron chi connectivity index (χ1n) is 7.25. The zero-order chi connectivity index (χ0) is 15.4. The summed E-state index contributed by atoms with van der Waals surface area (Å²) < 4.78 is 12.8. The summed E-state index contributed by atoms with van der Waals surface area (Å²) >= 11 is 1.31. The summed E-state index contributed by atoms with van der Waals surface area (Å²) in [6.45, 7) is 1.65. The molecule has 1 saturated heterocycles. The minimum atomic E-state index is -0.283. The van der Waals surface area contributed by atoms with Crippen LogP contribution in [0.2, 0.25) is 0 Å². The minimum absolute atomic E-state index is 0.0482. The van der Waals surface area contributed by atoms with Crippen LogP contribution in [0.15, 0.2) is 30.5 Å². The molecule has 112 valence electrons. The van der Waals surface area contributed by atoms with Gasteiger partial charge in [-0.05, 0) is 49.4 Å². The second kappa shape index (κ2) is 6.71. The Bertz CT molecular complexity index is 721. The number of nitrogens with zero attached hydrogens (tertiary/aromatic N) is 2. The molecular weight excluding hydrogens is 299 g/mol. The molecule has 22 heavy (non-hydrogen) atoms. The van der Waals surface area contributed by atoms with Gasteiger partial charge in [-0.15, -0.1) is 11.3 Å². The van der Waals surface area contributed by atoms with E-state index >= 15 is 0 Å². The van der Waals surface area contributed by atoms with Gasteiger partial charge in [0.2, 0.25) is 0 Å². The quantitative estimate of drug-likeness (QED) is 0.757. The number of carbonyl (C=O) groups is 1. The molecule has 1 aromatic carbocycles. The number of amides is 1. The van der Waals surface area contributed by atoms with Crippen LogP contribution >= 0.6 is 11.3 Å². The Morgan fingerprint density at radius 2 is 1.86 bits per heavy atom. The van der Waals surface area contributed by atoms with Gasteiger partial charge in [0.25, 0.3) is 5.91 Å². The summed E-state index contributed by atoms with van der Waals surface area (Å²) in [5, 5.41) is 0.602.